The second kappa shape index (κ2) is 14.7. The first-order valence-electron chi connectivity index (χ1n) is 26.1. The summed E-state index contributed by atoms with van der Waals surface area (Å²) in [6, 6.07) is 88.9. The first kappa shape index (κ1) is 40.3. The maximum Gasteiger partial charge on any atom is 0.252 e. The number of rotatable bonds is 5. The van der Waals surface area contributed by atoms with Crippen molar-refractivity contribution in [3.8, 4) is 51.2 Å². The molecule has 5 aromatic heterocycles. The van der Waals surface area contributed by atoms with E-state index in [0.29, 0.717) is 0 Å². The molecule has 0 fully saturated rings. The lowest BCUT2D eigenvalue weighted by molar-refractivity contribution is 1.06. The van der Waals surface area contributed by atoms with E-state index in [0.717, 1.165) is 106 Å². The highest BCUT2D eigenvalue weighted by Crippen LogP contribution is 2.43. The van der Waals surface area contributed by atoms with Gasteiger partial charge in [-0.15, -0.1) is 0 Å². The zero-order valence-corrected chi connectivity index (χ0v) is 40.8. The number of hydrogen-bond acceptors (Lipinski definition) is 2. The Hall–Kier alpha value is -10.2. The standard InChI is InChI=1S/C68H40BN7/c1-3-19-41(20-4-1)67-70-54-37-43(72-56-29-13-7-23-46(56)47-24-8-14-30-57(47)72)35-52-65(54)75(67)62-39-45(74-60-33-17-11-27-50(60)51-28-12-18-34-61(51)74)40-63-64(62)69(52)53-36-44(38-55-66(53)76(63)68(71-55)42-21-5-2-6-22-42)73-58-31-15-9-25-48(58)49-26-10-16-32-59(49)73/h1-40H. The van der Waals surface area contributed by atoms with Gasteiger partial charge in [-0.25, -0.2) is 9.97 Å². The molecule has 0 saturated carbocycles. The maximum atomic E-state index is 5.79. The van der Waals surface area contributed by atoms with Crippen LogP contribution in [0, 0.1) is 0 Å². The van der Waals surface area contributed by atoms with Crippen molar-refractivity contribution >= 4 is 111 Å². The second-order valence-corrected chi connectivity index (χ2v) is 20.5. The van der Waals surface area contributed by atoms with Gasteiger partial charge in [0.1, 0.15) is 11.6 Å². The number of imidazole rings is 2. The minimum absolute atomic E-state index is 0.219. The van der Waals surface area contributed by atoms with Crippen molar-refractivity contribution in [3.05, 3.63) is 243 Å². The average molecular weight is 966 g/mol. The molecule has 11 aromatic carbocycles. The van der Waals surface area contributed by atoms with E-state index in [4.69, 9.17) is 9.97 Å². The molecular weight excluding hydrogens is 926 g/mol. The van der Waals surface area contributed by atoms with Crippen LogP contribution in [0.25, 0.3) is 139 Å². The second-order valence-electron chi connectivity index (χ2n) is 20.5. The Kier molecular flexibility index (Phi) is 7.82. The highest BCUT2D eigenvalue weighted by Gasteiger charge is 2.43. The summed E-state index contributed by atoms with van der Waals surface area (Å²) < 4.78 is 12.3. The van der Waals surface area contributed by atoms with Gasteiger partial charge in [-0.2, -0.15) is 0 Å². The van der Waals surface area contributed by atoms with Crippen molar-refractivity contribution in [2.75, 3.05) is 0 Å². The maximum absolute atomic E-state index is 5.79. The summed E-state index contributed by atoms with van der Waals surface area (Å²) in [5, 5.41) is 7.34. The number of para-hydroxylation sites is 6. The normalized spacial score (nSPS) is 12.7. The number of nitrogens with zero attached hydrogens (tertiary/aromatic N) is 7. The number of hydrogen-bond donors (Lipinski definition) is 0. The van der Waals surface area contributed by atoms with Crippen molar-refractivity contribution in [2.45, 2.75) is 0 Å². The Bertz CT molecular complexity index is 4760. The minimum atomic E-state index is -0.219. The van der Waals surface area contributed by atoms with E-state index in [9.17, 15) is 0 Å². The van der Waals surface area contributed by atoms with Gasteiger partial charge in [0.05, 0.1) is 60.9 Å². The van der Waals surface area contributed by atoms with Gasteiger partial charge in [0.2, 0.25) is 0 Å². The number of aromatic nitrogens is 7. The summed E-state index contributed by atoms with van der Waals surface area (Å²) in [4.78, 5) is 11.6. The van der Waals surface area contributed by atoms with Crippen molar-refractivity contribution in [2.24, 2.45) is 0 Å². The van der Waals surface area contributed by atoms with Crippen LogP contribution in [0.5, 0.6) is 0 Å². The quantitative estimate of drug-likeness (QED) is 0.161. The lowest BCUT2D eigenvalue weighted by Gasteiger charge is -2.34. The number of benzene rings is 11. The summed E-state index contributed by atoms with van der Waals surface area (Å²) in [7, 11) is 0. The molecule has 0 aliphatic carbocycles. The molecular formula is C68H40BN7. The fraction of sp³-hybridized carbons (Fsp3) is 0. The van der Waals surface area contributed by atoms with Crippen molar-refractivity contribution in [1.29, 1.82) is 0 Å². The van der Waals surface area contributed by atoms with Crippen LogP contribution >= 0.6 is 0 Å². The summed E-state index contributed by atoms with van der Waals surface area (Å²) in [6.45, 7) is -0.219. The molecule has 7 nitrogen and oxygen atoms in total. The molecule has 0 amide bonds. The molecule has 0 atom stereocenters. The van der Waals surface area contributed by atoms with Crippen LogP contribution in [-0.4, -0.2) is 39.5 Å². The molecule has 2 aliphatic rings. The lowest BCUT2D eigenvalue weighted by Crippen LogP contribution is -2.59. The van der Waals surface area contributed by atoms with Gasteiger partial charge >= 0.3 is 0 Å². The molecule has 0 bridgehead atoms. The number of fused-ring (bicyclic) bond motifs is 13. The van der Waals surface area contributed by atoms with E-state index in [1.165, 1.54) is 48.7 Å². The van der Waals surface area contributed by atoms with Crippen molar-refractivity contribution < 1.29 is 0 Å². The van der Waals surface area contributed by atoms with Gasteiger partial charge in [0, 0.05) is 66.2 Å². The molecule has 7 heterocycles. The Morgan fingerprint density at radius 3 is 0.895 bits per heavy atom. The van der Waals surface area contributed by atoms with Crippen molar-refractivity contribution in [1.82, 2.24) is 32.8 Å². The third kappa shape index (κ3) is 5.21. The predicted octanol–water partition coefficient (Wildman–Crippen LogP) is 14.1. The summed E-state index contributed by atoms with van der Waals surface area (Å²) in [6.07, 6.45) is 0. The first-order valence-corrected chi connectivity index (χ1v) is 26.1. The van der Waals surface area contributed by atoms with Crippen LogP contribution in [0.1, 0.15) is 0 Å². The minimum Gasteiger partial charge on any atom is -0.309 e. The van der Waals surface area contributed by atoms with Crippen LogP contribution in [0.15, 0.2) is 243 Å². The molecule has 76 heavy (non-hydrogen) atoms. The molecule has 16 aromatic rings. The topological polar surface area (TPSA) is 50.4 Å². The smallest absolute Gasteiger partial charge is 0.252 e. The summed E-state index contributed by atoms with van der Waals surface area (Å²) in [5.41, 5.74) is 22.2. The largest absolute Gasteiger partial charge is 0.309 e. The van der Waals surface area contributed by atoms with Gasteiger partial charge < -0.3 is 13.7 Å². The van der Waals surface area contributed by atoms with Crippen LogP contribution in [0.4, 0.5) is 0 Å². The molecule has 350 valence electrons. The third-order valence-electron chi connectivity index (χ3n) is 16.6. The van der Waals surface area contributed by atoms with E-state index < -0.39 is 0 Å². The van der Waals surface area contributed by atoms with E-state index in [-0.39, 0.29) is 6.71 Å². The van der Waals surface area contributed by atoms with Crippen molar-refractivity contribution in [3.63, 3.8) is 0 Å². The van der Waals surface area contributed by atoms with Gasteiger partial charge in [0.15, 0.2) is 0 Å². The first-order chi connectivity index (χ1) is 37.7. The van der Waals surface area contributed by atoms with E-state index in [2.05, 4.69) is 265 Å². The monoisotopic (exact) mass is 965 g/mol. The van der Waals surface area contributed by atoms with Gasteiger partial charge in [-0.05, 0) is 89.2 Å². The molecule has 8 heteroatoms. The Morgan fingerprint density at radius 2 is 0.566 bits per heavy atom. The van der Waals surface area contributed by atoms with Gasteiger partial charge in [-0.1, -0.05) is 170 Å². The van der Waals surface area contributed by atoms with Crippen LogP contribution < -0.4 is 16.4 Å². The van der Waals surface area contributed by atoms with Gasteiger partial charge in [0.25, 0.3) is 6.71 Å². The van der Waals surface area contributed by atoms with Crippen LogP contribution in [-0.2, 0) is 0 Å². The molecule has 2 aliphatic heterocycles. The SMILES string of the molecule is c1ccc(-c2nc3cc(-n4c5ccccc5c5ccccc54)cc4c3n2-c2cc(-n3c5ccccc5c5ccccc53)cc3c2B4c2cc(-n4c5ccccc5c5ccccc54)cc4nc(-c5ccccc5)n-3c24)cc1. The predicted molar refractivity (Wildman–Crippen MR) is 314 cm³/mol. The van der Waals surface area contributed by atoms with Crippen LogP contribution in [0.2, 0.25) is 0 Å². The lowest BCUT2D eigenvalue weighted by atomic mass is 9.34. The Labute approximate surface area is 435 Å². The van der Waals surface area contributed by atoms with E-state index >= 15 is 0 Å². The van der Waals surface area contributed by atoms with E-state index in [1.54, 1.807) is 0 Å². The average Bonchev–Trinajstić information content (AvgIpc) is 4.46. The molecule has 18 rings (SSSR count). The van der Waals surface area contributed by atoms with E-state index in [1.807, 2.05) is 0 Å². The Balaban J connectivity index is 1.04. The summed E-state index contributed by atoms with van der Waals surface area (Å²) >= 11 is 0. The zero-order valence-electron chi connectivity index (χ0n) is 40.8. The molecule has 0 unspecified atom stereocenters. The van der Waals surface area contributed by atoms with Crippen LogP contribution in [0.3, 0.4) is 0 Å². The highest BCUT2D eigenvalue weighted by atomic mass is 15.1. The Morgan fingerprint density at radius 1 is 0.276 bits per heavy atom. The fourth-order valence-corrected chi connectivity index (χ4v) is 13.7. The summed E-state index contributed by atoms with van der Waals surface area (Å²) in [5.74, 6) is 1.81. The molecule has 0 N–H and O–H groups in total. The zero-order chi connectivity index (χ0) is 49.3. The molecule has 0 spiro atoms. The third-order valence-corrected chi connectivity index (χ3v) is 16.6. The highest BCUT2D eigenvalue weighted by molar-refractivity contribution is 7.00. The molecule has 0 saturated heterocycles. The molecule has 0 radical (unpaired) electrons. The fourth-order valence-electron chi connectivity index (χ4n) is 13.7. The van der Waals surface area contributed by atoms with Gasteiger partial charge in [-0.3, -0.25) is 9.13 Å².